The van der Waals surface area contributed by atoms with Crippen LogP contribution in [0.3, 0.4) is 0 Å². The minimum Gasteiger partial charge on any atom is -0.368 e. The lowest BCUT2D eigenvalue weighted by Crippen LogP contribution is -2.13. The number of alkyl halides is 3. The molecular weight excluding hydrogens is 295 g/mol. The summed E-state index contributed by atoms with van der Waals surface area (Å²) < 4.78 is 38.4. The molecule has 0 fully saturated rings. The predicted molar refractivity (Wildman–Crippen MR) is 68.0 cm³/mol. The molecule has 106 valence electrons. The number of hydrogen-bond acceptors (Lipinski definition) is 5. The lowest BCUT2D eigenvalue weighted by atomic mass is 10.1. The van der Waals surface area contributed by atoms with Gasteiger partial charge < -0.3 is 11.1 Å². The Bertz CT molecular complexity index is 597. The first-order valence-corrected chi connectivity index (χ1v) is 5.80. The lowest BCUT2D eigenvalue weighted by Gasteiger charge is -2.13. The maximum atomic E-state index is 12.8. The van der Waals surface area contributed by atoms with E-state index in [0.29, 0.717) is 0 Å². The Kier molecular flexibility index (Phi) is 3.93. The van der Waals surface area contributed by atoms with Crippen LogP contribution in [0.5, 0.6) is 0 Å². The van der Waals surface area contributed by atoms with Gasteiger partial charge in [0.15, 0.2) is 0 Å². The SMILES string of the molecule is Nc1nc(Cl)nc(NCc2ccccc2C(F)(F)F)n1. The summed E-state index contributed by atoms with van der Waals surface area (Å²) in [4.78, 5) is 11.0. The van der Waals surface area contributed by atoms with Gasteiger partial charge in [-0.3, -0.25) is 0 Å². The first kappa shape index (κ1) is 14.3. The van der Waals surface area contributed by atoms with Gasteiger partial charge in [0.25, 0.3) is 0 Å². The van der Waals surface area contributed by atoms with E-state index in [4.69, 9.17) is 17.3 Å². The van der Waals surface area contributed by atoms with Crippen molar-refractivity contribution in [2.24, 2.45) is 0 Å². The third kappa shape index (κ3) is 3.47. The Morgan fingerprint density at radius 3 is 2.50 bits per heavy atom. The molecule has 0 spiro atoms. The highest BCUT2D eigenvalue weighted by atomic mass is 35.5. The molecule has 9 heteroatoms. The van der Waals surface area contributed by atoms with E-state index < -0.39 is 11.7 Å². The van der Waals surface area contributed by atoms with E-state index in [2.05, 4.69) is 20.3 Å². The number of benzene rings is 1. The maximum absolute atomic E-state index is 12.8. The van der Waals surface area contributed by atoms with Crippen molar-refractivity contribution in [3.63, 3.8) is 0 Å². The molecular formula is C11H9ClF3N5. The van der Waals surface area contributed by atoms with E-state index in [9.17, 15) is 13.2 Å². The summed E-state index contributed by atoms with van der Waals surface area (Å²) in [6.07, 6.45) is -4.42. The van der Waals surface area contributed by atoms with Crippen molar-refractivity contribution in [2.45, 2.75) is 12.7 Å². The van der Waals surface area contributed by atoms with Gasteiger partial charge in [-0.1, -0.05) is 18.2 Å². The highest BCUT2D eigenvalue weighted by Gasteiger charge is 2.32. The van der Waals surface area contributed by atoms with E-state index >= 15 is 0 Å². The van der Waals surface area contributed by atoms with Crippen molar-refractivity contribution >= 4 is 23.5 Å². The van der Waals surface area contributed by atoms with Crippen molar-refractivity contribution in [3.8, 4) is 0 Å². The average Bonchev–Trinajstić information content (AvgIpc) is 2.34. The summed E-state index contributed by atoms with van der Waals surface area (Å²) in [5, 5.41) is 2.49. The van der Waals surface area contributed by atoms with Gasteiger partial charge in [0.2, 0.25) is 17.2 Å². The van der Waals surface area contributed by atoms with Crippen molar-refractivity contribution in [3.05, 3.63) is 40.7 Å². The number of nitrogens with zero attached hydrogens (tertiary/aromatic N) is 3. The van der Waals surface area contributed by atoms with Gasteiger partial charge in [-0.15, -0.1) is 0 Å². The number of anilines is 2. The van der Waals surface area contributed by atoms with Crippen molar-refractivity contribution in [1.82, 2.24) is 15.0 Å². The summed E-state index contributed by atoms with van der Waals surface area (Å²) in [5.41, 5.74) is 4.70. The van der Waals surface area contributed by atoms with Crippen LogP contribution in [0.4, 0.5) is 25.1 Å². The minimum absolute atomic E-state index is 0.0134. The smallest absolute Gasteiger partial charge is 0.368 e. The molecule has 20 heavy (non-hydrogen) atoms. The molecule has 0 unspecified atom stereocenters. The van der Waals surface area contributed by atoms with Gasteiger partial charge >= 0.3 is 6.18 Å². The number of hydrogen-bond donors (Lipinski definition) is 2. The first-order valence-electron chi connectivity index (χ1n) is 5.42. The van der Waals surface area contributed by atoms with Gasteiger partial charge in [0.05, 0.1) is 5.56 Å². The zero-order chi connectivity index (χ0) is 14.8. The van der Waals surface area contributed by atoms with Crippen LogP contribution in [0.1, 0.15) is 11.1 Å². The minimum atomic E-state index is -4.42. The fourth-order valence-corrected chi connectivity index (χ4v) is 1.74. The molecule has 0 amide bonds. The number of halogens is 4. The van der Waals surface area contributed by atoms with Gasteiger partial charge in [0.1, 0.15) is 0 Å². The van der Waals surface area contributed by atoms with E-state index in [1.165, 1.54) is 18.2 Å². The first-order chi connectivity index (χ1) is 9.36. The van der Waals surface area contributed by atoms with Crippen molar-refractivity contribution < 1.29 is 13.2 Å². The standard InChI is InChI=1S/C11H9ClF3N5/c12-8-18-9(16)20-10(19-8)17-5-6-3-1-2-4-7(6)11(13,14)15/h1-4H,5H2,(H3,16,17,18,19,20). The molecule has 0 aliphatic carbocycles. The van der Waals surface area contributed by atoms with Crippen molar-refractivity contribution in [1.29, 1.82) is 0 Å². The molecule has 1 aromatic heterocycles. The van der Waals surface area contributed by atoms with Gasteiger partial charge in [-0.25, -0.2) is 0 Å². The fraction of sp³-hybridized carbons (Fsp3) is 0.182. The Morgan fingerprint density at radius 1 is 1.15 bits per heavy atom. The number of aromatic nitrogens is 3. The monoisotopic (exact) mass is 303 g/mol. The van der Waals surface area contributed by atoms with Crippen LogP contribution in [0.15, 0.2) is 24.3 Å². The average molecular weight is 304 g/mol. The van der Waals surface area contributed by atoms with E-state index in [1.807, 2.05) is 0 Å². The second-order valence-electron chi connectivity index (χ2n) is 3.79. The van der Waals surface area contributed by atoms with E-state index in [0.717, 1.165) is 6.07 Å². The summed E-state index contributed by atoms with van der Waals surface area (Å²) in [6, 6.07) is 5.21. The zero-order valence-corrected chi connectivity index (χ0v) is 10.7. The van der Waals surface area contributed by atoms with Crippen LogP contribution >= 0.6 is 11.6 Å². The highest BCUT2D eigenvalue weighted by molar-refractivity contribution is 6.28. The molecule has 5 nitrogen and oxygen atoms in total. The molecule has 0 saturated carbocycles. The number of nitrogens with one attached hydrogen (secondary N) is 1. The molecule has 2 rings (SSSR count). The second kappa shape index (κ2) is 5.49. The van der Waals surface area contributed by atoms with Crippen LogP contribution in [0, 0.1) is 0 Å². The molecule has 1 aromatic carbocycles. The van der Waals surface area contributed by atoms with Crippen LogP contribution in [-0.4, -0.2) is 15.0 Å². The molecule has 0 aliphatic heterocycles. The molecule has 0 radical (unpaired) electrons. The zero-order valence-electron chi connectivity index (χ0n) is 9.95. The maximum Gasteiger partial charge on any atom is 0.416 e. The van der Waals surface area contributed by atoms with E-state index in [1.54, 1.807) is 0 Å². The molecule has 0 bridgehead atoms. The number of nitrogens with two attached hydrogens (primary N) is 1. The predicted octanol–water partition coefficient (Wildman–Crippen LogP) is 2.74. The molecule has 0 atom stereocenters. The van der Waals surface area contributed by atoms with E-state index in [-0.39, 0.29) is 29.3 Å². The topological polar surface area (TPSA) is 76.7 Å². The largest absolute Gasteiger partial charge is 0.416 e. The summed E-state index contributed by atoms with van der Waals surface area (Å²) in [7, 11) is 0. The third-order valence-electron chi connectivity index (χ3n) is 2.39. The summed E-state index contributed by atoms with van der Waals surface area (Å²) in [6.45, 7) is -0.116. The normalized spacial score (nSPS) is 11.4. The van der Waals surface area contributed by atoms with Crippen LogP contribution in [0.25, 0.3) is 0 Å². The Hall–Kier alpha value is -2.09. The fourth-order valence-electron chi connectivity index (χ4n) is 1.57. The van der Waals surface area contributed by atoms with Gasteiger partial charge in [0, 0.05) is 6.54 Å². The molecule has 3 N–H and O–H groups in total. The van der Waals surface area contributed by atoms with Crippen LogP contribution in [0.2, 0.25) is 5.28 Å². The molecule has 2 aromatic rings. The van der Waals surface area contributed by atoms with Crippen LogP contribution in [-0.2, 0) is 12.7 Å². The number of nitrogen functional groups attached to an aromatic ring is 1. The quantitative estimate of drug-likeness (QED) is 0.911. The summed E-state index contributed by atoms with van der Waals surface area (Å²) in [5.74, 6) is -0.101. The van der Waals surface area contributed by atoms with Crippen molar-refractivity contribution in [2.75, 3.05) is 11.1 Å². The molecule has 0 saturated heterocycles. The highest BCUT2D eigenvalue weighted by Crippen LogP contribution is 2.32. The molecule has 1 heterocycles. The number of rotatable bonds is 3. The van der Waals surface area contributed by atoms with Crippen LogP contribution < -0.4 is 11.1 Å². The Morgan fingerprint density at radius 2 is 1.85 bits per heavy atom. The summed E-state index contributed by atoms with van der Waals surface area (Å²) >= 11 is 5.57. The second-order valence-corrected chi connectivity index (χ2v) is 4.13. The molecule has 0 aliphatic rings. The Labute approximate surface area is 117 Å². The third-order valence-corrected chi connectivity index (χ3v) is 2.55. The lowest BCUT2D eigenvalue weighted by molar-refractivity contribution is -0.138. The van der Waals surface area contributed by atoms with Gasteiger partial charge in [-0.05, 0) is 23.2 Å². The van der Waals surface area contributed by atoms with Gasteiger partial charge in [-0.2, -0.15) is 28.1 Å². The Balaban J connectivity index is 2.19.